The van der Waals surface area contributed by atoms with Gasteiger partial charge in [0.25, 0.3) is 0 Å². The van der Waals surface area contributed by atoms with Crippen molar-refractivity contribution in [1.82, 2.24) is 15.1 Å². The lowest BCUT2D eigenvalue weighted by molar-refractivity contribution is 0.184. The molecular weight excluding hydrogens is 352 g/mol. The summed E-state index contributed by atoms with van der Waals surface area (Å²) in [4.78, 5) is 2.09. The quantitative estimate of drug-likeness (QED) is 0.605. The molecular formula is C20H21F2N3O2. The van der Waals surface area contributed by atoms with Crippen LogP contribution >= 0.6 is 0 Å². The molecule has 3 aromatic rings. The van der Waals surface area contributed by atoms with Crippen molar-refractivity contribution in [3.8, 4) is 17.2 Å². The molecule has 1 atom stereocenters. The van der Waals surface area contributed by atoms with Gasteiger partial charge >= 0.3 is 0 Å². The van der Waals surface area contributed by atoms with Gasteiger partial charge in [-0.2, -0.15) is 0 Å². The number of hydrogen-bond donors (Lipinski definition) is 0. The maximum atomic E-state index is 13.9. The van der Waals surface area contributed by atoms with Crippen molar-refractivity contribution in [2.24, 2.45) is 0 Å². The van der Waals surface area contributed by atoms with Crippen LogP contribution in [0.2, 0.25) is 0 Å². The molecule has 1 aromatic heterocycles. The van der Waals surface area contributed by atoms with Crippen LogP contribution in [-0.2, 0) is 6.54 Å². The van der Waals surface area contributed by atoms with Crippen molar-refractivity contribution in [3.63, 3.8) is 0 Å². The van der Waals surface area contributed by atoms with Crippen LogP contribution in [-0.4, -0.2) is 28.8 Å². The van der Waals surface area contributed by atoms with Crippen LogP contribution < -0.4 is 4.74 Å². The van der Waals surface area contributed by atoms with E-state index in [0.29, 0.717) is 30.4 Å². The van der Waals surface area contributed by atoms with Crippen molar-refractivity contribution in [3.05, 3.63) is 65.6 Å². The highest BCUT2D eigenvalue weighted by Crippen LogP contribution is 2.26. The summed E-state index contributed by atoms with van der Waals surface area (Å²) in [5.74, 6) is 0.287. The Morgan fingerprint density at radius 1 is 1.11 bits per heavy atom. The Bertz CT molecular complexity index is 896. The van der Waals surface area contributed by atoms with E-state index in [4.69, 9.17) is 9.15 Å². The van der Waals surface area contributed by atoms with Gasteiger partial charge in [-0.25, -0.2) is 8.78 Å². The number of rotatable bonds is 7. The lowest BCUT2D eigenvalue weighted by Gasteiger charge is -2.25. The Balaban J connectivity index is 1.76. The van der Waals surface area contributed by atoms with Crippen LogP contribution in [0.25, 0.3) is 11.5 Å². The summed E-state index contributed by atoms with van der Waals surface area (Å²) in [6, 6.07) is 10.6. The van der Waals surface area contributed by atoms with Crippen LogP contribution in [0.5, 0.6) is 5.75 Å². The largest absolute Gasteiger partial charge is 0.494 e. The predicted octanol–water partition coefficient (Wildman–Crippen LogP) is 4.61. The third-order valence-corrected chi connectivity index (χ3v) is 4.44. The Hall–Kier alpha value is -2.80. The van der Waals surface area contributed by atoms with Crippen LogP contribution in [0.4, 0.5) is 8.78 Å². The number of halogens is 2. The first-order valence-electron chi connectivity index (χ1n) is 8.67. The molecule has 3 rings (SSSR count). The first-order valence-corrected chi connectivity index (χ1v) is 8.67. The minimum Gasteiger partial charge on any atom is -0.494 e. The SMILES string of the molecule is CCN(Cc1ccc(OC)c(F)c1)[C@@H](C)c1nnc(-c2ccc(F)cc2)o1. The number of benzene rings is 2. The molecule has 27 heavy (non-hydrogen) atoms. The van der Waals surface area contributed by atoms with Gasteiger partial charge in [0.2, 0.25) is 11.8 Å². The molecule has 1 heterocycles. The molecule has 142 valence electrons. The van der Waals surface area contributed by atoms with E-state index < -0.39 is 5.82 Å². The standard InChI is InChI=1S/C20H21F2N3O2/c1-4-25(12-14-5-10-18(26-3)17(22)11-14)13(2)19-23-24-20(27-19)15-6-8-16(21)9-7-15/h5-11,13H,4,12H2,1-3H3/t13-/m0/s1. The molecule has 0 saturated heterocycles. The fraction of sp³-hybridized carbons (Fsp3) is 0.300. The number of nitrogens with zero attached hydrogens (tertiary/aromatic N) is 3. The molecule has 0 spiro atoms. The molecule has 0 radical (unpaired) electrons. The summed E-state index contributed by atoms with van der Waals surface area (Å²) in [6.07, 6.45) is 0. The predicted molar refractivity (Wildman–Crippen MR) is 97.1 cm³/mol. The molecule has 2 aromatic carbocycles. The molecule has 7 heteroatoms. The third kappa shape index (κ3) is 4.31. The van der Waals surface area contributed by atoms with E-state index in [-0.39, 0.29) is 17.6 Å². The molecule has 0 N–H and O–H groups in total. The number of aromatic nitrogens is 2. The minimum absolute atomic E-state index is 0.165. The van der Waals surface area contributed by atoms with Gasteiger partial charge in [0, 0.05) is 12.1 Å². The first kappa shape index (κ1) is 19.0. The van der Waals surface area contributed by atoms with Gasteiger partial charge in [0.1, 0.15) is 5.82 Å². The van der Waals surface area contributed by atoms with Crippen molar-refractivity contribution >= 4 is 0 Å². The lowest BCUT2D eigenvalue weighted by Crippen LogP contribution is -2.26. The van der Waals surface area contributed by atoms with E-state index in [1.807, 2.05) is 19.9 Å². The highest BCUT2D eigenvalue weighted by atomic mass is 19.1. The van der Waals surface area contributed by atoms with Gasteiger partial charge in [0.05, 0.1) is 13.2 Å². The summed E-state index contributed by atoms with van der Waals surface area (Å²) < 4.78 is 37.7. The zero-order chi connectivity index (χ0) is 19.4. The van der Waals surface area contributed by atoms with Gasteiger partial charge in [-0.1, -0.05) is 13.0 Å². The Kier molecular flexibility index (Phi) is 5.81. The van der Waals surface area contributed by atoms with E-state index in [2.05, 4.69) is 15.1 Å². The molecule has 0 aliphatic heterocycles. The topological polar surface area (TPSA) is 51.4 Å². The van der Waals surface area contributed by atoms with Crippen molar-refractivity contribution < 1.29 is 17.9 Å². The van der Waals surface area contributed by atoms with Crippen LogP contribution in [0.1, 0.15) is 31.3 Å². The first-order chi connectivity index (χ1) is 13.0. The van der Waals surface area contributed by atoms with E-state index >= 15 is 0 Å². The zero-order valence-electron chi connectivity index (χ0n) is 15.4. The van der Waals surface area contributed by atoms with Gasteiger partial charge in [-0.05, 0) is 55.4 Å². The normalized spacial score (nSPS) is 12.4. The van der Waals surface area contributed by atoms with E-state index in [1.54, 1.807) is 18.2 Å². The summed E-state index contributed by atoms with van der Waals surface area (Å²) in [7, 11) is 1.44. The molecule has 0 aliphatic rings. The van der Waals surface area contributed by atoms with Crippen molar-refractivity contribution in [2.45, 2.75) is 26.4 Å². The highest BCUT2D eigenvalue weighted by Gasteiger charge is 2.21. The molecule has 0 amide bonds. The second-order valence-corrected chi connectivity index (χ2v) is 6.16. The molecule has 0 fully saturated rings. The van der Waals surface area contributed by atoms with Gasteiger partial charge in [-0.15, -0.1) is 10.2 Å². The zero-order valence-corrected chi connectivity index (χ0v) is 15.4. The Morgan fingerprint density at radius 2 is 1.85 bits per heavy atom. The number of hydrogen-bond acceptors (Lipinski definition) is 5. The van der Waals surface area contributed by atoms with E-state index in [0.717, 1.165) is 5.56 Å². The third-order valence-electron chi connectivity index (χ3n) is 4.44. The summed E-state index contributed by atoms with van der Waals surface area (Å²) >= 11 is 0. The fourth-order valence-corrected chi connectivity index (χ4v) is 2.83. The summed E-state index contributed by atoms with van der Waals surface area (Å²) in [5.41, 5.74) is 1.47. The molecule has 0 unspecified atom stereocenters. The van der Waals surface area contributed by atoms with Crippen molar-refractivity contribution in [1.29, 1.82) is 0 Å². The van der Waals surface area contributed by atoms with Crippen LogP contribution in [0.15, 0.2) is 46.9 Å². The molecule has 5 nitrogen and oxygen atoms in total. The fourth-order valence-electron chi connectivity index (χ4n) is 2.83. The second-order valence-electron chi connectivity index (χ2n) is 6.16. The number of ether oxygens (including phenoxy) is 1. The summed E-state index contributed by atoms with van der Waals surface area (Å²) in [5, 5.41) is 8.18. The monoisotopic (exact) mass is 373 g/mol. The van der Waals surface area contributed by atoms with Crippen molar-refractivity contribution in [2.75, 3.05) is 13.7 Å². The Morgan fingerprint density at radius 3 is 2.48 bits per heavy atom. The van der Waals surface area contributed by atoms with Gasteiger partial charge < -0.3 is 9.15 Å². The summed E-state index contributed by atoms with van der Waals surface area (Å²) in [6.45, 7) is 5.19. The van der Waals surface area contributed by atoms with E-state index in [9.17, 15) is 8.78 Å². The van der Waals surface area contributed by atoms with Gasteiger partial charge in [-0.3, -0.25) is 4.90 Å². The highest BCUT2D eigenvalue weighted by molar-refractivity contribution is 5.52. The minimum atomic E-state index is -0.393. The molecule has 0 saturated carbocycles. The van der Waals surface area contributed by atoms with Crippen LogP contribution in [0, 0.1) is 11.6 Å². The second kappa shape index (κ2) is 8.26. The van der Waals surface area contributed by atoms with E-state index in [1.165, 1.54) is 25.3 Å². The average Bonchev–Trinajstić information content (AvgIpc) is 3.16. The maximum Gasteiger partial charge on any atom is 0.247 e. The lowest BCUT2D eigenvalue weighted by atomic mass is 10.1. The van der Waals surface area contributed by atoms with Gasteiger partial charge in [0.15, 0.2) is 11.6 Å². The smallest absolute Gasteiger partial charge is 0.247 e. The Labute approximate surface area is 156 Å². The maximum absolute atomic E-state index is 13.9. The number of methoxy groups -OCH3 is 1. The average molecular weight is 373 g/mol. The molecule has 0 aliphatic carbocycles. The van der Waals surface area contributed by atoms with Crippen LogP contribution in [0.3, 0.4) is 0 Å². The molecule has 0 bridgehead atoms.